The van der Waals surface area contributed by atoms with Gasteiger partial charge in [-0.25, -0.2) is 4.98 Å². The summed E-state index contributed by atoms with van der Waals surface area (Å²) in [7, 11) is 1.93. The first-order valence-corrected chi connectivity index (χ1v) is 7.83. The van der Waals surface area contributed by atoms with E-state index in [0.717, 1.165) is 35.5 Å². The lowest BCUT2D eigenvalue weighted by Gasteiger charge is -2.06. The Hall–Kier alpha value is -1.01. The van der Waals surface area contributed by atoms with E-state index in [1.165, 1.54) is 19.3 Å². The maximum absolute atomic E-state index is 5.98. The third-order valence-electron chi connectivity index (χ3n) is 3.43. The van der Waals surface area contributed by atoms with Crippen molar-refractivity contribution in [3.63, 3.8) is 0 Å². The fraction of sp³-hybridized carbons (Fsp3) is 0.583. The summed E-state index contributed by atoms with van der Waals surface area (Å²) in [5, 5.41) is 10.3. The minimum atomic E-state index is 0.663. The molecule has 0 bridgehead atoms. The van der Waals surface area contributed by atoms with Gasteiger partial charge in [0, 0.05) is 20.0 Å². The molecule has 0 unspecified atom stereocenters. The number of aryl methyl sites for hydroxylation is 1. The standard InChI is InChI=1S/C12H16ClN5S/c1-17-9(13)7-14-11(17)8-19-12-16-15-10-5-3-2-4-6-18(10)12/h7H,2-6,8H2,1H3. The molecule has 2 aromatic rings. The second-order valence-corrected chi connectivity index (χ2v) is 6.04. The summed E-state index contributed by atoms with van der Waals surface area (Å²) >= 11 is 7.66. The Labute approximate surface area is 121 Å². The van der Waals surface area contributed by atoms with Gasteiger partial charge in [0.15, 0.2) is 5.16 Å². The maximum atomic E-state index is 5.98. The summed E-state index contributed by atoms with van der Waals surface area (Å²) in [4.78, 5) is 4.30. The second kappa shape index (κ2) is 5.54. The maximum Gasteiger partial charge on any atom is 0.191 e. The molecule has 0 amide bonds. The zero-order chi connectivity index (χ0) is 13.2. The van der Waals surface area contributed by atoms with Crippen LogP contribution in [-0.2, 0) is 25.8 Å². The Morgan fingerprint density at radius 3 is 3.00 bits per heavy atom. The van der Waals surface area contributed by atoms with Crippen molar-refractivity contribution < 1.29 is 0 Å². The van der Waals surface area contributed by atoms with E-state index in [9.17, 15) is 0 Å². The Morgan fingerprint density at radius 1 is 1.32 bits per heavy atom. The number of fused-ring (bicyclic) bond motifs is 1. The minimum Gasteiger partial charge on any atom is -0.322 e. The van der Waals surface area contributed by atoms with Crippen LogP contribution in [0.3, 0.4) is 0 Å². The van der Waals surface area contributed by atoms with Crippen LogP contribution < -0.4 is 0 Å². The summed E-state index contributed by atoms with van der Waals surface area (Å²) in [6, 6.07) is 0. The quantitative estimate of drug-likeness (QED) is 0.817. The van der Waals surface area contributed by atoms with Crippen LogP contribution in [0.2, 0.25) is 5.15 Å². The molecule has 3 heterocycles. The summed E-state index contributed by atoms with van der Waals surface area (Å²) in [6.07, 6.45) is 6.44. The van der Waals surface area contributed by atoms with E-state index in [4.69, 9.17) is 11.6 Å². The number of hydrogen-bond acceptors (Lipinski definition) is 4. The molecule has 0 saturated carbocycles. The third kappa shape index (κ3) is 2.65. The van der Waals surface area contributed by atoms with Gasteiger partial charge in [-0.15, -0.1) is 10.2 Å². The molecule has 3 rings (SSSR count). The lowest BCUT2D eigenvalue weighted by atomic mass is 10.2. The van der Waals surface area contributed by atoms with Crippen molar-refractivity contribution in [1.82, 2.24) is 24.3 Å². The van der Waals surface area contributed by atoms with Gasteiger partial charge < -0.3 is 9.13 Å². The summed E-state index contributed by atoms with van der Waals surface area (Å²) in [5.41, 5.74) is 0. The number of nitrogens with zero attached hydrogens (tertiary/aromatic N) is 5. The first-order chi connectivity index (χ1) is 9.25. The zero-order valence-corrected chi connectivity index (χ0v) is 12.4. The first kappa shape index (κ1) is 13.0. The Balaban J connectivity index is 1.74. The van der Waals surface area contributed by atoms with Crippen molar-refractivity contribution in [3.8, 4) is 0 Å². The molecule has 0 aliphatic carbocycles. The smallest absolute Gasteiger partial charge is 0.191 e. The van der Waals surface area contributed by atoms with Crippen LogP contribution in [0.25, 0.3) is 0 Å². The molecule has 0 atom stereocenters. The molecule has 2 aromatic heterocycles. The number of halogens is 1. The highest BCUT2D eigenvalue weighted by molar-refractivity contribution is 7.98. The molecule has 102 valence electrons. The molecule has 0 radical (unpaired) electrons. The lowest BCUT2D eigenvalue weighted by Crippen LogP contribution is -2.03. The number of imidazole rings is 1. The van der Waals surface area contributed by atoms with Crippen molar-refractivity contribution in [1.29, 1.82) is 0 Å². The van der Waals surface area contributed by atoms with Crippen molar-refractivity contribution in [2.24, 2.45) is 7.05 Å². The van der Waals surface area contributed by atoms with Crippen molar-refractivity contribution in [3.05, 3.63) is 23.0 Å². The van der Waals surface area contributed by atoms with Crippen LogP contribution in [0.5, 0.6) is 0 Å². The Bertz CT molecular complexity index is 577. The van der Waals surface area contributed by atoms with Crippen molar-refractivity contribution >= 4 is 23.4 Å². The van der Waals surface area contributed by atoms with E-state index in [1.807, 2.05) is 11.6 Å². The average molecular weight is 298 g/mol. The highest BCUT2D eigenvalue weighted by Gasteiger charge is 2.15. The Morgan fingerprint density at radius 2 is 2.21 bits per heavy atom. The highest BCUT2D eigenvalue weighted by Crippen LogP contribution is 2.25. The van der Waals surface area contributed by atoms with Crippen LogP contribution in [-0.4, -0.2) is 24.3 Å². The molecule has 5 nitrogen and oxygen atoms in total. The molecule has 0 fully saturated rings. The van der Waals surface area contributed by atoms with Gasteiger partial charge in [0.2, 0.25) is 0 Å². The van der Waals surface area contributed by atoms with Gasteiger partial charge in [-0.05, 0) is 12.8 Å². The van der Waals surface area contributed by atoms with Crippen LogP contribution in [0, 0.1) is 0 Å². The fourth-order valence-corrected chi connectivity index (χ4v) is 3.38. The van der Waals surface area contributed by atoms with E-state index in [0.29, 0.717) is 5.15 Å². The van der Waals surface area contributed by atoms with Crippen LogP contribution >= 0.6 is 23.4 Å². The van der Waals surface area contributed by atoms with Gasteiger partial charge in [-0.2, -0.15) is 0 Å². The number of hydrogen-bond donors (Lipinski definition) is 0. The summed E-state index contributed by atoms with van der Waals surface area (Å²) in [5.74, 6) is 2.85. The number of rotatable bonds is 3. The predicted molar refractivity (Wildman–Crippen MR) is 75.4 cm³/mol. The van der Waals surface area contributed by atoms with E-state index < -0.39 is 0 Å². The van der Waals surface area contributed by atoms with Gasteiger partial charge in [0.25, 0.3) is 0 Å². The van der Waals surface area contributed by atoms with E-state index in [2.05, 4.69) is 19.7 Å². The molecule has 0 spiro atoms. The van der Waals surface area contributed by atoms with E-state index in [-0.39, 0.29) is 0 Å². The molecular weight excluding hydrogens is 282 g/mol. The molecule has 1 aliphatic rings. The highest BCUT2D eigenvalue weighted by atomic mass is 35.5. The van der Waals surface area contributed by atoms with Crippen LogP contribution in [0.15, 0.2) is 11.4 Å². The molecule has 19 heavy (non-hydrogen) atoms. The third-order valence-corrected chi connectivity index (χ3v) is 4.75. The largest absolute Gasteiger partial charge is 0.322 e. The van der Waals surface area contributed by atoms with Crippen LogP contribution in [0.4, 0.5) is 0 Å². The van der Waals surface area contributed by atoms with E-state index >= 15 is 0 Å². The van der Waals surface area contributed by atoms with Gasteiger partial charge in [-0.1, -0.05) is 29.8 Å². The van der Waals surface area contributed by atoms with E-state index in [1.54, 1.807) is 18.0 Å². The monoisotopic (exact) mass is 297 g/mol. The van der Waals surface area contributed by atoms with Crippen molar-refractivity contribution in [2.45, 2.75) is 43.1 Å². The fourth-order valence-electron chi connectivity index (χ4n) is 2.25. The van der Waals surface area contributed by atoms with Crippen LogP contribution in [0.1, 0.15) is 30.9 Å². The molecule has 7 heteroatoms. The average Bonchev–Trinajstić information content (AvgIpc) is 2.84. The number of thioether (sulfide) groups is 1. The first-order valence-electron chi connectivity index (χ1n) is 6.46. The topological polar surface area (TPSA) is 48.5 Å². The zero-order valence-electron chi connectivity index (χ0n) is 10.8. The predicted octanol–water partition coefficient (Wildman–Crippen LogP) is 2.68. The molecule has 1 aliphatic heterocycles. The molecule has 0 N–H and O–H groups in total. The SMILES string of the molecule is Cn1c(Cl)cnc1CSc1nnc2n1CCCCC2. The molecular formula is C12H16ClN5S. The summed E-state index contributed by atoms with van der Waals surface area (Å²) in [6.45, 7) is 1.03. The lowest BCUT2D eigenvalue weighted by molar-refractivity contribution is 0.590. The van der Waals surface area contributed by atoms with Gasteiger partial charge >= 0.3 is 0 Å². The molecule has 0 aromatic carbocycles. The van der Waals surface area contributed by atoms with Crippen molar-refractivity contribution in [2.75, 3.05) is 0 Å². The second-order valence-electron chi connectivity index (χ2n) is 4.71. The minimum absolute atomic E-state index is 0.663. The Kier molecular flexibility index (Phi) is 3.79. The normalized spacial score (nSPS) is 15.3. The summed E-state index contributed by atoms with van der Waals surface area (Å²) < 4.78 is 4.15. The number of aromatic nitrogens is 5. The van der Waals surface area contributed by atoms with Gasteiger partial charge in [0.05, 0.1) is 11.9 Å². The molecule has 0 saturated heterocycles. The van der Waals surface area contributed by atoms with Gasteiger partial charge in [-0.3, -0.25) is 0 Å². The van der Waals surface area contributed by atoms with Gasteiger partial charge in [0.1, 0.15) is 16.8 Å².